The maximum absolute atomic E-state index is 9.11. The summed E-state index contributed by atoms with van der Waals surface area (Å²) in [6.07, 6.45) is 0. The van der Waals surface area contributed by atoms with Crippen LogP contribution in [0.2, 0.25) is 0 Å². The molecule has 0 unspecified atom stereocenters. The van der Waals surface area contributed by atoms with Gasteiger partial charge in [-0.3, -0.25) is 0 Å². The molecule has 0 fully saturated rings. The molecule has 504 valence electrons. The first-order chi connectivity index (χ1) is 63.6. The number of benzene rings is 21. The van der Waals surface area contributed by atoms with Crippen molar-refractivity contribution in [3.63, 3.8) is 0 Å². The summed E-state index contributed by atoms with van der Waals surface area (Å²) < 4.78 is 212. The zero-order chi connectivity index (χ0) is 92.6. The van der Waals surface area contributed by atoms with Gasteiger partial charge in [0.15, 0.2) is 0 Å². The van der Waals surface area contributed by atoms with Crippen LogP contribution in [0.15, 0.2) is 436 Å². The molecule has 21 aromatic carbocycles. The lowest BCUT2D eigenvalue weighted by molar-refractivity contribution is 1.62. The van der Waals surface area contributed by atoms with Crippen molar-refractivity contribution >= 4 is 97.0 Å². The lowest BCUT2D eigenvalue weighted by Crippen LogP contribution is -1.91. The first-order valence-electron chi connectivity index (χ1n) is 47.4. The van der Waals surface area contributed by atoms with Crippen LogP contribution in [0.3, 0.4) is 0 Å². The molecule has 21 aromatic rings. The predicted octanol–water partition coefficient (Wildman–Crippen LogP) is 30.4. The van der Waals surface area contributed by atoms with E-state index in [0.29, 0.717) is 66.8 Å². The average Bonchev–Trinajstić information content (AvgIpc) is 0.707. The summed E-state index contributed by atoms with van der Waals surface area (Å²) >= 11 is 0. The van der Waals surface area contributed by atoms with E-state index < -0.39 is 72.5 Å². The van der Waals surface area contributed by atoms with E-state index >= 15 is 0 Å². The molecular weight excluding hydrogens is 1300 g/mol. The summed E-state index contributed by atoms with van der Waals surface area (Å²) in [6, 6.07) is 84.3. The van der Waals surface area contributed by atoms with Crippen molar-refractivity contribution in [3.8, 4) is 100 Å². The quantitative estimate of drug-likeness (QED) is 0.126. The van der Waals surface area contributed by atoms with E-state index in [9.17, 15) is 0 Å². The molecular formula is C108H72. The summed E-state index contributed by atoms with van der Waals surface area (Å²) in [7, 11) is 0. The maximum atomic E-state index is 9.11. The van der Waals surface area contributed by atoms with Crippen molar-refractivity contribution in [2.75, 3.05) is 0 Å². The van der Waals surface area contributed by atoms with E-state index in [4.69, 9.17) is 32.9 Å². The molecule has 0 aliphatic rings. The van der Waals surface area contributed by atoms with Crippen LogP contribution in [-0.2, 0) is 0 Å². The zero-order valence-corrected chi connectivity index (χ0v) is 57.7. The van der Waals surface area contributed by atoms with Gasteiger partial charge in [-0.05, 0) is 227 Å². The van der Waals surface area contributed by atoms with E-state index in [2.05, 4.69) is 12.1 Å². The number of hydrogen-bond acceptors (Lipinski definition) is 0. The van der Waals surface area contributed by atoms with Crippen LogP contribution in [-0.4, -0.2) is 0 Å². The fourth-order valence-electron chi connectivity index (χ4n) is 15.2. The van der Waals surface area contributed by atoms with Gasteiger partial charge in [-0.25, -0.2) is 0 Å². The molecule has 0 amide bonds. The monoisotopic (exact) mass is 1390 g/mol. The summed E-state index contributed by atoms with van der Waals surface area (Å²) in [5, 5.41) is 8.71. The molecule has 0 aliphatic heterocycles. The van der Waals surface area contributed by atoms with Crippen molar-refractivity contribution in [3.05, 3.63) is 436 Å². The van der Waals surface area contributed by atoms with Crippen molar-refractivity contribution in [2.45, 2.75) is 0 Å². The van der Waals surface area contributed by atoms with Crippen LogP contribution in [0.4, 0.5) is 0 Å². The van der Waals surface area contributed by atoms with Crippen LogP contribution in [0.1, 0.15) is 32.9 Å². The molecule has 0 radical (unpaired) electrons. The SMILES string of the molecule is [2H]c1c([2H])c([2H])c2c(-c3ccc4cc(-c5ccccc5)ccc4c3)c3c([2H])c([2H])c([2H])c([2H])c3c(-c3ccccc3)c2c1[2H].[2H]c1c([2H])c([2H])c2c(-c3cccc(-c4ccc5ccccc5c4)c3)c3c([2H])c([2H])c([2H])c([2H])c3c(-c3ccccc3)c2c1[2H].[2H]c1c([2H])c([2H])c2c(-c3cccc(-c4cccc5ccccc45)c3)c3c([2H])c([2H])c([2H])c([2H])c3c(-c3ccccc3)c2c1[2H]. The van der Waals surface area contributed by atoms with Crippen molar-refractivity contribution in [2.24, 2.45) is 0 Å². The number of hydrogen-bond donors (Lipinski definition) is 0. The average molecular weight is 1390 g/mol. The van der Waals surface area contributed by atoms with Gasteiger partial charge in [0, 0.05) is 0 Å². The number of fused-ring (bicyclic) bond motifs is 9. The number of rotatable bonds is 9. The Morgan fingerprint density at radius 2 is 0.361 bits per heavy atom. The summed E-state index contributed by atoms with van der Waals surface area (Å²) in [6.45, 7) is 0. The van der Waals surface area contributed by atoms with Gasteiger partial charge in [-0.2, -0.15) is 0 Å². The molecule has 0 heteroatoms. The van der Waals surface area contributed by atoms with Gasteiger partial charge >= 0.3 is 0 Å². The second-order valence-electron chi connectivity index (χ2n) is 26.2. The van der Waals surface area contributed by atoms with Crippen LogP contribution >= 0.6 is 0 Å². The van der Waals surface area contributed by atoms with E-state index in [0.717, 1.165) is 65.7 Å². The lowest BCUT2D eigenvalue weighted by atomic mass is 9.85. The fourth-order valence-corrected chi connectivity index (χ4v) is 15.2. The van der Waals surface area contributed by atoms with Gasteiger partial charge in [0.2, 0.25) is 0 Å². The molecule has 0 spiro atoms. The second-order valence-corrected chi connectivity index (χ2v) is 26.2. The third kappa shape index (κ3) is 12.1. The predicted molar refractivity (Wildman–Crippen MR) is 466 cm³/mol. The highest BCUT2D eigenvalue weighted by Gasteiger charge is 2.21. The minimum Gasteiger partial charge on any atom is -0.0622 e. The minimum absolute atomic E-state index is 0.211. The Balaban J connectivity index is 0.000000128. The van der Waals surface area contributed by atoms with Crippen molar-refractivity contribution in [1.29, 1.82) is 0 Å². The topological polar surface area (TPSA) is 0 Å². The van der Waals surface area contributed by atoms with Gasteiger partial charge in [0.1, 0.15) is 0 Å². The molecule has 0 saturated heterocycles. The van der Waals surface area contributed by atoms with Gasteiger partial charge in [-0.15, -0.1) is 0 Å². The molecule has 0 N–H and O–H groups in total. The summed E-state index contributed by atoms with van der Waals surface area (Å²) in [5.41, 5.74) is 11.4. The third-order valence-corrected chi connectivity index (χ3v) is 20.0. The van der Waals surface area contributed by atoms with Crippen LogP contribution in [0, 0.1) is 0 Å². The molecule has 0 heterocycles. The van der Waals surface area contributed by atoms with Crippen molar-refractivity contribution in [1.82, 2.24) is 0 Å². The van der Waals surface area contributed by atoms with Crippen LogP contribution in [0.5, 0.6) is 0 Å². The maximum Gasteiger partial charge on any atom is 0.0629 e. The molecule has 0 nitrogen and oxygen atoms in total. The highest BCUT2D eigenvalue weighted by molar-refractivity contribution is 6.24. The molecule has 0 saturated carbocycles. The highest BCUT2D eigenvalue weighted by atomic mass is 14.2. The molecule has 21 rings (SSSR count). The van der Waals surface area contributed by atoms with Crippen molar-refractivity contribution < 1.29 is 32.9 Å². The molecule has 0 aliphatic carbocycles. The van der Waals surface area contributed by atoms with E-state index in [-0.39, 0.29) is 137 Å². The Labute approximate surface area is 663 Å². The standard InChI is InChI=1S/3C36H24/c1-3-11-25(12-4-1)27-19-20-29-24-30(22-21-28(29)23-27)36-33-17-9-7-15-31(33)35(26-13-5-2-6-14-26)32-16-8-10-18-34(32)36;1-2-13-26(14-3-1)35-31-19-6-8-21-33(31)36(34-22-9-7-20-32(34)35)28-17-10-16-27(24-28)30-23-11-15-25-12-4-5-18-29(25)30;1-2-12-26(13-3-1)35-31-17-6-8-19-33(31)36(34-20-9-7-18-32(34)35)30-16-10-15-28(24-30)29-22-21-25-11-4-5-14-27(25)23-29/h3*1-24H/i7D,8D,9D,10D,15D,16D,17D,18D;6D,7D,8D,9D,19D,20D,21D,22D;6D,7D,8D,9D,17D,18D,19D,20D. The van der Waals surface area contributed by atoms with E-state index in [1.165, 1.54) is 0 Å². The van der Waals surface area contributed by atoms with Gasteiger partial charge in [0.05, 0.1) is 32.9 Å². The Morgan fingerprint density at radius 3 is 0.769 bits per heavy atom. The Bertz CT molecular complexity index is 8230. The highest BCUT2D eigenvalue weighted by Crippen LogP contribution is 2.49. The Hall–Kier alpha value is -14.0. The molecule has 108 heavy (non-hydrogen) atoms. The van der Waals surface area contributed by atoms with Gasteiger partial charge in [-0.1, -0.05) is 406 Å². The third-order valence-electron chi connectivity index (χ3n) is 20.0. The van der Waals surface area contributed by atoms with Gasteiger partial charge in [0.25, 0.3) is 0 Å². The van der Waals surface area contributed by atoms with E-state index in [1.807, 2.05) is 206 Å². The molecule has 0 bridgehead atoms. The first-order valence-corrected chi connectivity index (χ1v) is 35.4. The summed E-state index contributed by atoms with van der Waals surface area (Å²) in [5.74, 6) is 0. The fraction of sp³-hybridized carbons (Fsp3) is 0. The van der Waals surface area contributed by atoms with Gasteiger partial charge < -0.3 is 0 Å². The lowest BCUT2D eigenvalue weighted by Gasteiger charge is -2.18. The zero-order valence-electron chi connectivity index (χ0n) is 81.7. The van der Waals surface area contributed by atoms with E-state index in [1.54, 1.807) is 72.8 Å². The van der Waals surface area contributed by atoms with Crippen LogP contribution in [0.25, 0.3) is 197 Å². The second kappa shape index (κ2) is 28.5. The Morgan fingerprint density at radius 1 is 0.130 bits per heavy atom. The van der Waals surface area contributed by atoms with Crippen LogP contribution < -0.4 is 0 Å². The smallest absolute Gasteiger partial charge is 0.0622 e. The summed E-state index contributed by atoms with van der Waals surface area (Å²) in [4.78, 5) is 0. The minimum atomic E-state index is -0.409. The largest absolute Gasteiger partial charge is 0.0629 e. The normalized spacial score (nSPS) is 14.4. The first kappa shape index (κ1) is 43.9. The molecule has 0 atom stereocenters. The Kier molecular flexibility index (Phi) is 11.6. The molecule has 0 aromatic heterocycles.